The van der Waals surface area contributed by atoms with Crippen LogP contribution in [0.2, 0.25) is 0 Å². The van der Waals surface area contributed by atoms with Gasteiger partial charge in [0, 0.05) is 24.8 Å². The molecular formula is C23H26N4O. The molecule has 0 bridgehead atoms. The Morgan fingerprint density at radius 3 is 2.54 bits per heavy atom. The van der Waals surface area contributed by atoms with Crippen LogP contribution in [0, 0.1) is 6.92 Å². The molecule has 0 unspecified atom stereocenters. The minimum atomic E-state index is -0.812. The number of aliphatic hydroxyl groups is 1. The van der Waals surface area contributed by atoms with E-state index in [0.717, 1.165) is 48.2 Å². The molecular weight excluding hydrogens is 348 g/mol. The second-order valence-corrected chi connectivity index (χ2v) is 7.86. The lowest BCUT2D eigenvalue weighted by Gasteiger charge is -2.31. The highest BCUT2D eigenvalue weighted by atomic mass is 16.3. The number of para-hydroxylation sites is 1. The third-order valence-electron chi connectivity index (χ3n) is 5.12. The lowest BCUT2D eigenvalue weighted by atomic mass is 9.91. The standard InChI is InChI=1S/C23H26N4O/c1-16-24-21(26-20-7-5-4-6-8-20)14-22(25-16)27-12-11-17-13-19(23(2,3)28)10-9-18(17)15-27/h4-10,13-14,28H,11-12,15H2,1-3H3,(H,24,25,26). The predicted molar refractivity (Wildman–Crippen MR) is 113 cm³/mol. The Morgan fingerprint density at radius 1 is 1.00 bits per heavy atom. The van der Waals surface area contributed by atoms with Crippen LogP contribution in [-0.2, 0) is 18.6 Å². The smallest absolute Gasteiger partial charge is 0.136 e. The molecule has 2 heterocycles. The molecule has 3 aromatic rings. The van der Waals surface area contributed by atoms with Crippen molar-refractivity contribution in [3.63, 3.8) is 0 Å². The number of nitrogens with zero attached hydrogens (tertiary/aromatic N) is 3. The number of benzene rings is 2. The number of rotatable bonds is 4. The molecule has 1 aliphatic heterocycles. The van der Waals surface area contributed by atoms with Crippen molar-refractivity contribution in [3.05, 3.63) is 77.1 Å². The zero-order valence-corrected chi connectivity index (χ0v) is 16.6. The molecule has 0 spiro atoms. The van der Waals surface area contributed by atoms with Gasteiger partial charge in [0.05, 0.1) is 5.60 Å². The Morgan fingerprint density at radius 2 is 1.79 bits per heavy atom. The van der Waals surface area contributed by atoms with Crippen LogP contribution in [0.15, 0.2) is 54.6 Å². The van der Waals surface area contributed by atoms with E-state index in [1.54, 1.807) is 0 Å². The first kappa shape index (κ1) is 18.4. The molecule has 0 atom stereocenters. The summed E-state index contributed by atoms with van der Waals surface area (Å²) >= 11 is 0. The molecule has 0 aliphatic carbocycles. The van der Waals surface area contributed by atoms with E-state index in [1.807, 2.05) is 63.2 Å². The third-order valence-corrected chi connectivity index (χ3v) is 5.12. The van der Waals surface area contributed by atoms with Gasteiger partial charge in [-0.1, -0.05) is 36.4 Å². The van der Waals surface area contributed by atoms with Crippen LogP contribution in [0.4, 0.5) is 17.3 Å². The number of hydrogen-bond acceptors (Lipinski definition) is 5. The SMILES string of the molecule is Cc1nc(Nc2ccccc2)cc(N2CCc3cc(C(C)(C)O)ccc3C2)n1. The summed E-state index contributed by atoms with van der Waals surface area (Å²) < 4.78 is 0. The van der Waals surface area contributed by atoms with Gasteiger partial charge in [0.15, 0.2) is 0 Å². The van der Waals surface area contributed by atoms with E-state index in [1.165, 1.54) is 11.1 Å². The van der Waals surface area contributed by atoms with Gasteiger partial charge >= 0.3 is 0 Å². The molecule has 28 heavy (non-hydrogen) atoms. The molecule has 4 rings (SSSR count). The number of aryl methyl sites for hydroxylation is 1. The van der Waals surface area contributed by atoms with Crippen molar-refractivity contribution in [1.29, 1.82) is 0 Å². The Balaban J connectivity index is 1.57. The van der Waals surface area contributed by atoms with Gasteiger partial charge < -0.3 is 15.3 Å². The maximum absolute atomic E-state index is 10.3. The monoisotopic (exact) mass is 374 g/mol. The van der Waals surface area contributed by atoms with E-state index < -0.39 is 5.60 Å². The maximum Gasteiger partial charge on any atom is 0.136 e. The summed E-state index contributed by atoms with van der Waals surface area (Å²) in [7, 11) is 0. The first-order valence-corrected chi connectivity index (χ1v) is 9.66. The van der Waals surface area contributed by atoms with Crippen LogP contribution < -0.4 is 10.2 Å². The van der Waals surface area contributed by atoms with Crippen molar-refractivity contribution in [1.82, 2.24) is 9.97 Å². The highest BCUT2D eigenvalue weighted by molar-refractivity contribution is 5.60. The fourth-order valence-electron chi connectivity index (χ4n) is 3.58. The van der Waals surface area contributed by atoms with E-state index in [-0.39, 0.29) is 0 Å². The minimum absolute atomic E-state index is 0.749. The van der Waals surface area contributed by atoms with Crippen LogP contribution in [0.5, 0.6) is 0 Å². The Kier molecular flexibility index (Phi) is 4.77. The lowest BCUT2D eigenvalue weighted by Crippen LogP contribution is -2.31. The third kappa shape index (κ3) is 3.99. The Hall–Kier alpha value is -2.92. The summed E-state index contributed by atoms with van der Waals surface area (Å²) in [5.41, 5.74) is 3.76. The number of fused-ring (bicyclic) bond motifs is 1. The summed E-state index contributed by atoms with van der Waals surface area (Å²) in [6, 6.07) is 18.3. The molecule has 0 amide bonds. The molecule has 1 aliphatic rings. The summed E-state index contributed by atoms with van der Waals surface area (Å²) in [5, 5.41) is 13.6. The highest BCUT2D eigenvalue weighted by Gasteiger charge is 2.22. The van der Waals surface area contributed by atoms with Crippen molar-refractivity contribution in [3.8, 4) is 0 Å². The van der Waals surface area contributed by atoms with Crippen molar-refractivity contribution in [2.45, 2.75) is 39.3 Å². The second-order valence-electron chi connectivity index (χ2n) is 7.86. The van der Waals surface area contributed by atoms with Gasteiger partial charge in [-0.2, -0.15) is 0 Å². The molecule has 2 aromatic carbocycles. The van der Waals surface area contributed by atoms with Crippen molar-refractivity contribution < 1.29 is 5.11 Å². The zero-order chi connectivity index (χ0) is 19.7. The van der Waals surface area contributed by atoms with Gasteiger partial charge in [0.2, 0.25) is 0 Å². The van der Waals surface area contributed by atoms with E-state index >= 15 is 0 Å². The summed E-state index contributed by atoms with van der Waals surface area (Å²) in [4.78, 5) is 11.5. The Labute approximate surface area is 166 Å². The quantitative estimate of drug-likeness (QED) is 0.712. The first-order valence-electron chi connectivity index (χ1n) is 9.66. The molecule has 144 valence electrons. The average Bonchev–Trinajstić information content (AvgIpc) is 2.67. The number of nitrogens with one attached hydrogen (secondary N) is 1. The molecule has 1 aromatic heterocycles. The van der Waals surface area contributed by atoms with E-state index in [4.69, 9.17) is 0 Å². The largest absolute Gasteiger partial charge is 0.386 e. The molecule has 0 fully saturated rings. The molecule has 5 nitrogen and oxygen atoms in total. The van der Waals surface area contributed by atoms with Gasteiger partial charge in [-0.05, 0) is 56.0 Å². The molecule has 0 saturated heterocycles. The maximum atomic E-state index is 10.3. The zero-order valence-electron chi connectivity index (χ0n) is 16.6. The minimum Gasteiger partial charge on any atom is -0.386 e. The summed E-state index contributed by atoms with van der Waals surface area (Å²) in [5.74, 6) is 2.49. The van der Waals surface area contributed by atoms with Crippen LogP contribution in [-0.4, -0.2) is 21.6 Å². The van der Waals surface area contributed by atoms with E-state index in [2.05, 4.69) is 32.3 Å². The number of anilines is 3. The normalized spacial score (nSPS) is 13.9. The predicted octanol–water partition coefficient (Wildman–Crippen LogP) is 4.32. The summed E-state index contributed by atoms with van der Waals surface area (Å²) in [6.45, 7) is 7.28. The van der Waals surface area contributed by atoms with Crippen molar-refractivity contribution in [2.24, 2.45) is 0 Å². The van der Waals surface area contributed by atoms with E-state index in [0.29, 0.717) is 0 Å². The average molecular weight is 374 g/mol. The fourth-order valence-corrected chi connectivity index (χ4v) is 3.58. The molecule has 2 N–H and O–H groups in total. The molecule has 0 radical (unpaired) electrons. The van der Waals surface area contributed by atoms with Gasteiger partial charge in [0.1, 0.15) is 17.5 Å². The van der Waals surface area contributed by atoms with Crippen LogP contribution in [0.3, 0.4) is 0 Å². The van der Waals surface area contributed by atoms with Crippen LogP contribution in [0.25, 0.3) is 0 Å². The number of aromatic nitrogens is 2. The van der Waals surface area contributed by atoms with Crippen LogP contribution >= 0.6 is 0 Å². The second kappa shape index (κ2) is 7.24. The Bertz CT molecular complexity index is 980. The number of hydrogen-bond donors (Lipinski definition) is 2. The van der Waals surface area contributed by atoms with Crippen molar-refractivity contribution in [2.75, 3.05) is 16.8 Å². The topological polar surface area (TPSA) is 61.3 Å². The lowest BCUT2D eigenvalue weighted by molar-refractivity contribution is 0.0785. The summed E-state index contributed by atoms with van der Waals surface area (Å²) in [6.07, 6.45) is 0.934. The van der Waals surface area contributed by atoms with E-state index in [9.17, 15) is 5.11 Å². The highest BCUT2D eigenvalue weighted by Crippen LogP contribution is 2.29. The van der Waals surface area contributed by atoms with Gasteiger partial charge in [-0.3, -0.25) is 0 Å². The molecule has 0 saturated carbocycles. The molecule has 5 heteroatoms. The van der Waals surface area contributed by atoms with Crippen LogP contribution in [0.1, 0.15) is 36.4 Å². The van der Waals surface area contributed by atoms with Gasteiger partial charge in [-0.15, -0.1) is 0 Å². The first-order chi connectivity index (χ1) is 13.4. The fraction of sp³-hybridized carbons (Fsp3) is 0.304. The van der Waals surface area contributed by atoms with Gasteiger partial charge in [-0.25, -0.2) is 9.97 Å². The van der Waals surface area contributed by atoms with Crippen molar-refractivity contribution >= 4 is 17.3 Å². The van der Waals surface area contributed by atoms with Gasteiger partial charge in [0.25, 0.3) is 0 Å².